The molecule has 0 aromatic carbocycles. The summed E-state index contributed by atoms with van der Waals surface area (Å²) in [7, 11) is 0. The number of carbonyl (C=O) groups excluding carboxylic acids is 2. The van der Waals surface area contributed by atoms with Gasteiger partial charge in [0.15, 0.2) is 0 Å². The molecule has 0 radical (unpaired) electrons. The number of ether oxygens (including phenoxy) is 2. The van der Waals surface area contributed by atoms with E-state index in [0.717, 1.165) is 5.56 Å². The second-order valence-corrected chi connectivity index (χ2v) is 3.76. The van der Waals surface area contributed by atoms with Crippen LogP contribution in [0.2, 0.25) is 0 Å². The predicted octanol–water partition coefficient (Wildman–Crippen LogP) is 0.655. The number of rotatable bonds is 3. The molecule has 1 fully saturated rings. The van der Waals surface area contributed by atoms with Crippen LogP contribution in [-0.4, -0.2) is 36.3 Å². The van der Waals surface area contributed by atoms with Gasteiger partial charge in [-0.1, -0.05) is 6.07 Å². The van der Waals surface area contributed by atoms with Gasteiger partial charge in [0.1, 0.15) is 24.9 Å². The van der Waals surface area contributed by atoms with Crippen LogP contribution in [0.1, 0.15) is 16.1 Å². The zero-order chi connectivity index (χ0) is 12.3. The third kappa shape index (κ3) is 2.93. The monoisotopic (exact) mass is 236 g/mol. The van der Waals surface area contributed by atoms with Crippen LogP contribution in [0.15, 0.2) is 18.3 Å². The lowest BCUT2D eigenvalue weighted by Gasteiger charge is -2.08. The van der Waals surface area contributed by atoms with Crippen molar-refractivity contribution in [2.24, 2.45) is 0 Å². The van der Waals surface area contributed by atoms with Crippen LogP contribution >= 0.6 is 0 Å². The van der Waals surface area contributed by atoms with Gasteiger partial charge in [-0.25, -0.2) is 14.6 Å². The van der Waals surface area contributed by atoms with E-state index >= 15 is 0 Å². The maximum absolute atomic E-state index is 11.6. The molecule has 1 atom stereocenters. The van der Waals surface area contributed by atoms with Crippen molar-refractivity contribution in [2.45, 2.75) is 13.0 Å². The molecule has 90 valence electrons. The molecule has 6 nitrogen and oxygen atoms in total. The van der Waals surface area contributed by atoms with Crippen molar-refractivity contribution < 1.29 is 19.1 Å². The van der Waals surface area contributed by atoms with Gasteiger partial charge in [-0.15, -0.1) is 0 Å². The van der Waals surface area contributed by atoms with Gasteiger partial charge in [0.2, 0.25) is 0 Å². The van der Waals surface area contributed by atoms with Crippen molar-refractivity contribution in [3.8, 4) is 0 Å². The Hall–Kier alpha value is -2.11. The zero-order valence-electron chi connectivity index (χ0n) is 9.30. The number of hydrogen-bond donors (Lipinski definition) is 1. The van der Waals surface area contributed by atoms with E-state index in [4.69, 9.17) is 4.74 Å². The first-order valence-electron chi connectivity index (χ1n) is 5.18. The first kappa shape index (κ1) is 11.4. The minimum Gasteiger partial charge on any atom is -0.459 e. The van der Waals surface area contributed by atoms with Crippen molar-refractivity contribution in [1.82, 2.24) is 10.3 Å². The number of esters is 1. The molecule has 2 heterocycles. The van der Waals surface area contributed by atoms with E-state index in [1.165, 1.54) is 0 Å². The van der Waals surface area contributed by atoms with Crippen LogP contribution in [0.5, 0.6) is 0 Å². The molecule has 0 bridgehead atoms. The van der Waals surface area contributed by atoms with Gasteiger partial charge < -0.3 is 14.8 Å². The fraction of sp³-hybridized carbons (Fsp3) is 0.364. The molecule has 1 aromatic rings. The van der Waals surface area contributed by atoms with Gasteiger partial charge in [0.05, 0.1) is 0 Å². The number of carbonyl (C=O) groups is 2. The molecule has 1 amide bonds. The summed E-state index contributed by atoms with van der Waals surface area (Å²) in [6.45, 7) is 2.18. The second kappa shape index (κ2) is 4.82. The van der Waals surface area contributed by atoms with Crippen LogP contribution in [0.3, 0.4) is 0 Å². The van der Waals surface area contributed by atoms with Crippen LogP contribution in [0.4, 0.5) is 4.79 Å². The number of nitrogens with zero attached hydrogens (tertiary/aromatic N) is 1. The highest BCUT2D eigenvalue weighted by molar-refractivity contribution is 5.87. The topological polar surface area (TPSA) is 77.5 Å². The molecule has 17 heavy (non-hydrogen) atoms. The lowest BCUT2D eigenvalue weighted by molar-refractivity contribution is 0.0461. The molecule has 1 aliphatic rings. The fourth-order valence-corrected chi connectivity index (χ4v) is 1.35. The summed E-state index contributed by atoms with van der Waals surface area (Å²) in [4.78, 5) is 26.2. The molecule has 1 aliphatic heterocycles. The van der Waals surface area contributed by atoms with Crippen LogP contribution in [-0.2, 0) is 9.47 Å². The van der Waals surface area contributed by atoms with Gasteiger partial charge in [-0.3, -0.25) is 0 Å². The molecule has 6 heteroatoms. The Morgan fingerprint density at radius 3 is 3.06 bits per heavy atom. The third-order valence-corrected chi connectivity index (χ3v) is 2.27. The molecule has 1 unspecified atom stereocenters. The van der Waals surface area contributed by atoms with Crippen molar-refractivity contribution in [2.75, 3.05) is 13.2 Å². The van der Waals surface area contributed by atoms with Crippen molar-refractivity contribution in [3.05, 3.63) is 29.6 Å². The smallest absolute Gasteiger partial charge is 0.407 e. The first-order valence-corrected chi connectivity index (χ1v) is 5.18. The van der Waals surface area contributed by atoms with E-state index in [-0.39, 0.29) is 24.9 Å². The van der Waals surface area contributed by atoms with Gasteiger partial charge in [0, 0.05) is 6.20 Å². The number of hydrogen-bond acceptors (Lipinski definition) is 5. The quantitative estimate of drug-likeness (QED) is 0.780. The summed E-state index contributed by atoms with van der Waals surface area (Å²) in [5.41, 5.74) is 1.22. The Kier molecular flexibility index (Phi) is 3.22. The summed E-state index contributed by atoms with van der Waals surface area (Å²) in [6.07, 6.45) is 1.11. The lowest BCUT2D eigenvalue weighted by Crippen LogP contribution is -2.32. The molecule has 1 aromatic heterocycles. The van der Waals surface area contributed by atoms with Crippen molar-refractivity contribution in [3.63, 3.8) is 0 Å². The summed E-state index contributed by atoms with van der Waals surface area (Å²) >= 11 is 0. The Morgan fingerprint density at radius 1 is 1.65 bits per heavy atom. The van der Waals surface area contributed by atoms with E-state index in [1.807, 2.05) is 6.92 Å². The molecule has 1 N–H and O–H groups in total. The van der Waals surface area contributed by atoms with Crippen molar-refractivity contribution in [1.29, 1.82) is 0 Å². The summed E-state index contributed by atoms with van der Waals surface area (Å²) in [6, 6.07) is 3.10. The molecule has 2 rings (SSSR count). The van der Waals surface area contributed by atoms with E-state index in [2.05, 4.69) is 15.0 Å². The fourth-order valence-electron chi connectivity index (χ4n) is 1.35. The van der Waals surface area contributed by atoms with Gasteiger partial charge in [0.25, 0.3) is 0 Å². The largest absolute Gasteiger partial charge is 0.459 e. The average molecular weight is 236 g/mol. The van der Waals surface area contributed by atoms with Crippen molar-refractivity contribution >= 4 is 12.1 Å². The molecular formula is C11H12N2O4. The zero-order valence-corrected chi connectivity index (χ0v) is 9.30. The number of amides is 1. The number of alkyl carbamates (subject to hydrolysis) is 1. The summed E-state index contributed by atoms with van der Waals surface area (Å²) in [5.74, 6) is -0.508. The highest BCUT2D eigenvalue weighted by atomic mass is 16.6. The van der Waals surface area contributed by atoms with Gasteiger partial charge in [-0.2, -0.15) is 0 Å². The normalized spacial score (nSPS) is 18.4. The molecule has 0 spiro atoms. The number of aryl methyl sites for hydroxylation is 1. The van der Waals surface area contributed by atoms with E-state index < -0.39 is 12.1 Å². The van der Waals surface area contributed by atoms with E-state index in [0.29, 0.717) is 0 Å². The molecular weight excluding hydrogens is 224 g/mol. The number of pyridine rings is 1. The lowest BCUT2D eigenvalue weighted by atomic mass is 10.3. The summed E-state index contributed by atoms with van der Waals surface area (Å²) < 4.78 is 9.67. The van der Waals surface area contributed by atoms with E-state index in [1.54, 1.807) is 18.3 Å². The highest BCUT2D eigenvalue weighted by Gasteiger charge is 2.23. The van der Waals surface area contributed by atoms with E-state index in [9.17, 15) is 9.59 Å². The number of cyclic esters (lactones) is 1. The molecule has 0 aliphatic carbocycles. The Labute approximate surface area is 97.9 Å². The number of aromatic nitrogens is 1. The predicted molar refractivity (Wildman–Crippen MR) is 57.5 cm³/mol. The van der Waals surface area contributed by atoms with Gasteiger partial charge in [-0.05, 0) is 18.6 Å². The van der Waals surface area contributed by atoms with Gasteiger partial charge >= 0.3 is 12.1 Å². The first-order chi connectivity index (χ1) is 8.15. The van der Waals surface area contributed by atoms with Crippen LogP contribution < -0.4 is 5.32 Å². The highest BCUT2D eigenvalue weighted by Crippen LogP contribution is 2.03. The minimum absolute atomic E-state index is 0.0835. The molecule has 1 saturated heterocycles. The minimum atomic E-state index is -0.508. The third-order valence-electron chi connectivity index (χ3n) is 2.27. The SMILES string of the molecule is Cc1ccc(C(=O)OCC2COC(=O)N2)nc1. The second-order valence-electron chi connectivity index (χ2n) is 3.76. The Balaban J connectivity index is 1.85. The van der Waals surface area contributed by atoms with Crippen LogP contribution in [0.25, 0.3) is 0 Å². The molecule has 0 saturated carbocycles. The average Bonchev–Trinajstić information content (AvgIpc) is 2.73. The Morgan fingerprint density at radius 2 is 2.47 bits per heavy atom. The maximum Gasteiger partial charge on any atom is 0.407 e. The number of nitrogens with one attached hydrogen (secondary N) is 1. The summed E-state index contributed by atoms with van der Waals surface area (Å²) in [5, 5.41) is 2.51. The standard InChI is InChI=1S/C11H12N2O4/c1-7-2-3-9(12-4-7)10(14)16-5-8-6-17-11(15)13-8/h2-4,8H,5-6H2,1H3,(H,13,15). The van der Waals surface area contributed by atoms with Crippen LogP contribution in [0, 0.1) is 6.92 Å². The maximum atomic E-state index is 11.6. The Bertz CT molecular complexity index is 430.